The normalized spacial score (nSPS) is 11.6. The van der Waals surface area contributed by atoms with E-state index in [9.17, 15) is 0 Å². The molecule has 0 fully saturated rings. The van der Waals surface area contributed by atoms with Crippen LogP contribution < -0.4 is 15.8 Å². The predicted molar refractivity (Wildman–Crippen MR) is 74.8 cm³/mol. The Morgan fingerprint density at radius 1 is 1.35 bits per heavy atom. The van der Waals surface area contributed by atoms with Gasteiger partial charge < -0.3 is 25.4 Å². The summed E-state index contributed by atoms with van der Waals surface area (Å²) in [4.78, 5) is 0. The van der Waals surface area contributed by atoms with E-state index < -0.39 is 0 Å². The Hall–Kier alpha value is -2.47. The summed E-state index contributed by atoms with van der Waals surface area (Å²) in [7, 11) is 1.54. The number of amidine groups is 1. The van der Waals surface area contributed by atoms with Gasteiger partial charge in [-0.1, -0.05) is 11.2 Å². The predicted octanol–water partition coefficient (Wildman–Crippen LogP) is 1.67. The maximum absolute atomic E-state index is 8.78. The monoisotopic (exact) mass is 275 g/mol. The highest BCUT2D eigenvalue weighted by molar-refractivity contribution is 5.99. The molecular weight excluding hydrogens is 258 g/mol. The molecule has 0 amide bonds. The van der Waals surface area contributed by atoms with E-state index in [0.29, 0.717) is 24.4 Å². The van der Waals surface area contributed by atoms with Crippen molar-refractivity contribution in [2.24, 2.45) is 10.9 Å². The molecule has 1 heterocycles. The van der Waals surface area contributed by atoms with Crippen LogP contribution in [0.15, 0.2) is 46.4 Å². The average Bonchev–Trinajstić information content (AvgIpc) is 2.99. The Morgan fingerprint density at radius 3 is 2.80 bits per heavy atom. The summed E-state index contributed by atoms with van der Waals surface area (Å²) in [5.41, 5.74) is 8.29. The molecule has 2 rings (SSSR count). The Balaban J connectivity index is 2.05. The summed E-state index contributed by atoms with van der Waals surface area (Å²) >= 11 is 0. The van der Waals surface area contributed by atoms with Crippen molar-refractivity contribution in [2.75, 3.05) is 7.11 Å². The van der Waals surface area contributed by atoms with Crippen LogP contribution in [0.25, 0.3) is 0 Å². The second-order valence-electron chi connectivity index (χ2n) is 4.26. The van der Waals surface area contributed by atoms with Gasteiger partial charge in [0, 0.05) is 18.7 Å². The van der Waals surface area contributed by atoms with Gasteiger partial charge in [-0.15, -0.1) is 0 Å². The van der Waals surface area contributed by atoms with Gasteiger partial charge in [0.1, 0.15) is 5.75 Å². The third-order valence-corrected chi connectivity index (χ3v) is 2.89. The van der Waals surface area contributed by atoms with Gasteiger partial charge in [-0.2, -0.15) is 0 Å². The standard InChI is InChI=1S/C14H17N3O3/c1-19-13-3-2-10(6-12(13)14(15)17-18)7-16-8-11-4-5-20-9-11/h2-6,9,16,18H,7-8H2,1H3,(H2,15,17). The van der Waals surface area contributed by atoms with Crippen molar-refractivity contribution >= 4 is 5.84 Å². The molecule has 1 aromatic carbocycles. The number of nitrogens with zero attached hydrogens (tertiary/aromatic N) is 1. The van der Waals surface area contributed by atoms with Crippen molar-refractivity contribution in [2.45, 2.75) is 13.1 Å². The zero-order valence-corrected chi connectivity index (χ0v) is 11.2. The molecule has 0 aliphatic rings. The lowest BCUT2D eigenvalue weighted by atomic mass is 10.1. The van der Waals surface area contributed by atoms with Gasteiger partial charge in [-0.3, -0.25) is 0 Å². The van der Waals surface area contributed by atoms with Gasteiger partial charge in [0.15, 0.2) is 5.84 Å². The van der Waals surface area contributed by atoms with Crippen LogP contribution in [0.3, 0.4) is 0 Å². The van der Waals surface area contributed by atoms with Crippen LogP contribution in [-0.4, -0.2) is 18.2 Å². The van der Waals surface area contributed by atoms with Crippen molar-refractivity contribution in [3.63, 3.8) is 0 Å². The van der Waals surface area contributed by atoms with Crippen LogP contribution in [0.2, 0.25) is 0 Å². The summed E-state index contributed by atoms with van der Waals surface area (Å²) in [6.07, 6.45) is 3.34. The molecule has 6 nitrogen and oxygen atoms in total. The summed E-state index contributed by atoms with van der Waals surface area (Å²) in [5.74, 6) is 0.595. The lowest BCUT2D eigenvalue weighted by Gasteiger charge is -2.10. The summed E-state index contributed by atoms with van der Waals surface area (Å²) in [6, 6.07) is 7.46. The number of ether oxygens (including phenoxy) is 1. The van der Waals surface area contributed by atoms with E-state index in [2.05, 4.69) is 10.5 Å². The summed E-state index contributed by atoms with van der Waals surface area (Å²) < 4.78 is 10.2. The average molecular weight is 275 g/mol. The van der Waals surface area contributed by atoms with Crippen molar-refractivity contribution in [1.29, 1.82) is 0 Å². The number of hydrogen-bond acceptors (Lipinski definition) is 5. The molecule has 0 spiro atoms. The van der Waals surface area contributed by atoms with Gasteiger partial charge in [-0.05, 0) is 23.8 Å². The van der Waals surface area contributed by atoms with E-state index >= 15 is 0 Å². The van der Waals surface area contributed by atoms with Crippen LogP contribution in [0.1, 0.15) is 16.7 Å². The smallest absolute Gasteiger partial charge is 0.173 e. The van der Waals surface area contributed by atoms with Crippen molar-refractivity contribution in [1.82, 2.24) is 5.32 Å². The minimum Gasteiger partial charge on any atom is -0.496 e. The maximum atomic E-state index is 8.78. The number of oxime groups is 1. The van der Waals surface area contributed by atoms with E-state index in [1.54, 1.807) is 25.7 Å². The molecule has 0 saturated carbocycles. The number of benzene rings is 1. The van der Waals surface area contributed by atoms with Crippen LogP contribution in [-0.2, 0) is 13.1 Å². The Bertz CT molecular complexity index is 579. The first-order valence-corrected chi connectivity index (χ1v) is 6.11. The maximum Gasteiger partial charge on any atom is 0.173 e. The zero-order chi connectivity index (χ0) is 14.4. The van der Waals surface area contributed by atoms with Gasteiger partial charge in [0.25, 0.3) is 0 Å². The largest absolute Gasteiger partial charge is 0.496 e. The van der Waals surface area contributed by atoms with Crippen LogP contribution in [0.4, 0.5) is 0 Å². The summed E-state index contributed by atoms with van der Waals surface area (Å²) in [5, 5.41) is 15.1. The molecule has 0 unspecified atom stereocenters. The fourth-order valence-electron chi connectivity index (χ4n) is 1.86. The molecule has 0 radical (unpaired) electrons. The highest BCUT2D eigenvalue weighted by Crippen LogP contribution is 2.19. The fourth-order valence-corrected chi connectivity index (χ4v) is 1.86. The number of furan rings is 1. The molecule has 106 valence electrons. The number of hydrogen-bond donors (Lipinski definition) is 3. The first-order chi connectivity index (χ1) is 9.74. The lowest BCUT2D eigenvalue weighted by molar-refractivity contribution is 0.318. The molecule has 4 N–H and O–H groups in total. The number of methoxy groups -OCH3 is 1. The van der Waals surface area contributed by atoms with Gasteiger partial charge in [0.2, 0.25) is 0 Å². The number of rotatable bonds is 6. The third-order valence-electron chi connectivity index (χ3n) is 2.89. The van der Waals surface area contributed by atoms with E-state index in [1.165, 1.54) is 0 Å². The zero-order valence-electron chi connectivity index (χ0n) is 11.2. The molecule has 1 aromatic heterocycles. The van der Waals surface area contributed by atoms with Crippen LogP contribution in [0.5, 0.6) is 5.75 Å². The molecular formula is C14H17N3O3. The number of nitrogens with one attached hydrogen (secondary N) is 1. The Morgan fingerprint density at radius 2 is 2.15 bits per heavy atom. The highest BCUT2D eigenvalue weighted by Gasteiger charge is 2.08. The van der Waals surface area contributed by atoms with Gasteiger partial charge >= 0.3 is 0 Å². The van der Waals surface area contributed by atoms with Gasteiger partial charge in [-0.25, -0.2) is 0 Å². The second-order valence-corrected chi connectivity index (χ2v) is 4.26. The van der Waals surface area contributed by atoms with Crippen LogP contribution in [0, 0.1) is 0 Å². The molecule has 2 aromatic rings. The van der Waals surface area contributed by atoms with Gasteiger partial charge in [0.05, 0.1) is 25.2 Å². The Kier molecular flexibility index (Phi) is 4.62. The molecule has 0 saturated heterocycles. The van der Waals surface area contributed by atoms with E-state index in [0.717, 1.165) is 11.1 Å². The minimum absolute atomic E-state index is 0.0264. The topological polar surface area (TPSA) is 93.0 Å². The van der Waals surface area contributed by atoms with E-state index in [1.807, 2.05) is 18.2 Å². The van der Waals surface area contributed by atoms with Crippen molar-refractivity contribution in [3.05, 3.63) is 53.5 Å². The van der Waals surface area contributed by atoms with Crippen molar-refractivity contribution < 1.29 is 14.4 Å². The second kappa shape index (κ2) is 6.63. The van der Waals surface area contributed by atoms with Crippen LogP contribution >= 0.6 is 0 Å². The third kappa shape index (κ3) is 3.30. The lowest BCUT2D eigenvalue weighted by Crippen LogP contribution is -2.16. The Labute approximate surface area is 116 Å². The molecule has 0 bridgehead atoms. The summed E-state index contributed by atoms with van der Waals surface area (Å²) in [6.45, 7) is 1.36. The number of nitrogens with two attached hydrogens (primary N) is 1. The van der Waals surface area contributed by atoms with Crippen molar-refractivity contribution in [3.8, 4) is 5.75 Å². The quantitative estimate of drug-likeness (QED) is 0.323. The van der Waals surface area contributed by atoms with E-state index in [4.69, 9.17) is 20.1 Å². The minimum atomic E-state index is 0.0264. The molecule has 0 atom stereocenters. The molecule has 0 aliphatic carbocycles. The SMILES string of the molecule is COc1ccc(CNCc2ccoc2)cc1/C(N)=N/O. The fraction of sp³-hybridized carbons (Fsp3) is 0.214. The molecule has 6 heteroatoms. The first kappa shape index (κ1) is 14.0. The highest BCUT2D eigenvalue weighted by atomic mass is 16.5. The molecule has 20 heavy (non-hydrogen) atoms. The first-order valence-electron chi connectivity index (χ1n) is 6.11. The van der Waals surface area contributed by atoms with E-state index in [-0.39, 0.29) is 5.84 Å². The molecule has 0 aliphatic heterocycles.